The van der Waals surface area contributed by atoms with E-state index in [4.69, 9.17) is 5.73 Å². The van der Waals surface area contributed by atoms with Crippen molar-refractivity contribution in [3.05, 3.63) is 0 Å². The zero-order valence-electron chi connectivity index (χ0n) is 12.1. The first-order valence-electron chi connectivity index (χ1n) is 6.71. The lowest BCUT2D eigenvalue weighted by atomic mass is 10.0. The second-order valence-corrected chi connectivity index (χ2v) is 4.53. The fraction of sp³-hybridized carbons (Fsp3) is 0.846. The molecule has 0 aromatic heterocycles. The van der Waals surface area contributed by atoms with Crippen molar-refractivity contribution in [1.29, 1.82) is 0 Å². The first-order valence-corrected chi connectivity index (χ1v) is 6.71. The molecule has 106 valence electrons. The molecule has 0 saturated heterocycles. The molecule has 1 atom stereocenters. The number of carbonyl (C=O) groups excluding carboxylic acids is 2. The molecule has 2 N–H and O–H groups in total. The lowest BCUT2D eigenvalue weighted by Crippen LogP contribution is -2.41. The van der Waals surface area contributed by atoms with Crippen LogP contribution < -0.4 is 5.73 Å². The van der Waals surface area contributed by atoms with Crippen molar-refractivity contribution in [2.75, 3.05) is 33.2 Å². The van der Waals surface area contributed by atoms with Gasteiger partial charge in [-0.15, -0.1) is 0 Å². The van der Waals surface area contributed by atoms with Crippen LogP contribution in [0.3, 0.4) is 0 Å². The number of carbonyl (C=O) groups is 2. The second kappa shape index (κ2) is 8.91. The van der Waals surface area contributed by atoms with E-state index >= 15 is 0 Å². The largest absolute Gasteiger partial charge is 0.342 e. The van der Waals surface area contributed by atoms with Crippen molar-refractivity contribution in [2.24, 2.45) is 11.7 Å². The minimum Gasteiger partial charge on any atom is -0.342 e. The van der Waals surface area contributed by atoms with Gasteiger partial charge < -0.3 is 15.5 Å². The number of nitrogens with two attached hydrogens (primary N) is 1. The number of likely N-dealkylation sites (N-methyl/N-ethyl adjacent to an activating group) is 2. The van der Waals surface area contributed by atoms with E-state index in [0.717, 1.165) is 6.42 Å². The molecule has 5 heteroatoms. The van der Waals surface area contributed by atoms with E-state index in [-0.39, 0.29) is 24.3 Å². The van der Waals surface area contributed by atoms with Gasteiger partial charge in [-0.2, -0.15) is 0 Å². The van der Waals surface area contributed by atoms with Gasteiger partial charge in [-0.25, -0.2) is 0 Å². The molecular weight excluding hydrogens is 230 g/mol. The van der Waals surface area contributed by atoms with Gasteiger partial charge in [0, 0.05) is 26.6 Å². The Bertz CT molecular complexity index is 261. The maximum atomic E-state index is 11.9. The fourth-order valence-corrected chi connectivity index (χ4v) is 1.76. The Morgan fingerprint density at radius 3 is 2.06 bits per heavy atom. The zero-order valence-corrected chi connectivity index (χ0v) is 12.1. The highest BCUT2D eigenvalue weighted by molar-refractivity contribution is 5.84. The Balaban J connectivity index is 4.26. The van der Waals surface area contributed by atoms with E-state index in [1.54, 1.807) is 11.9 Å². The highest BCUT2D eigenvalue weighted by Crippen LogP contribution is 2.08. The summed E-state index contributed by atoms with van der Waals surface area (Å²) in [7, 11) is 1.67. The van der Waals surface area contributed by atoms with Crippen molar-refractivity contribution >= 4 is 11.8 Å². The van der Waals surface area contributed by atoms with E-state index < -0.39 is 0 Å². The molecule has 0 aliphatic heterocycles. The average Bonchev–Trinajstić information content (AvgIpc) is 2.36. The summed E-state index contributed by atoms with van der Waals surface area (Å²) in [5.74, 6) is 0.202. The molecule has 2 amide bonds. The van der Waals surface area contributed by atoms with Gasteiger partial charge in [-0.05, 0) is 26.3 Å². The van der Waals surface area contributed by atoms with Gasteiger partial charge in [-0.1, -0.05) is 13.3 Å². The normalized spacial score (nSPS) is 12.1. The zero-order chi connectivity index (χ0) is 14.1. The summed E-state index contributed by atoms with van der Waals surface area (Å²) in [5, 5.41) is 0. The predicted molar refractivity (Wildman–Crippen MR) is 73.0 cm³/mol. The lowest BCUT2D eigenvalue weighted by molar-refractivity contribution is -0.139. The summed E-state index contributed by atoms with van der Waals surface area (Å²) in [5.41, 5.74) is 5.58. The Morgan fingerprint density at radius 1 is 1.11 bits per heavy atom. The van der Waals surface area contributed by atoms with Crippen molar-refractivity contribution < 1.29 is 9.59 Å². The average molecular weight is 257 g/mol. The molecule has 0 fully saturated rings. The van der Waals surface area contributed by atoms with Crippen molar-refractivity contribution in [3.8, 4) is 0 Å². The first kappa shape index (κ1) is 16.9. The summed E-state index contributed by atoms with van der Waals surface area (Å²) in [6.07, 6.45) is 1.31. The molecule has 0 aromatic carbocycles. The van der Waals surface area contributed by atoms with E-state index in [2.05, 4.69) is 0 Å². The van der Waals surface area contributed by atoms with Crippen LogP contribution >= 0.6 is 0 Å². The van der Waals surface area contributed by atoms with Crippen LogP contribution in [0, 0.1) is 5.92 Å². The maximum absolute atomic E-state index is 11.9. The van der Waals surface area contributed by atoms with Gasteiger partial charge in [0.15, 0.2) is 0 Å². The number of rotatable bonds is 8. The molecule has 0 rings (SSSR count). The van der Waals surface area contributed by atoms with E-state index in [1.165, 1.54) is 4.90 Å². The van der Waals surface area contributed by atoms with Gasteiger partial charge >= 0.3 is 0 Å². The third-order valence-corrected chi connectivity index (χ3v) is 3.29. The maximum Gasteiger partial charge on any atom is 0.242 e. The van der Waals surface area contributed by atoms with Crippen LogP contribution in [0.2, 0.25) is 0 Å². The Morgan fingerprint density at radius 2 is 1.67 bits per heavy atom. The fourth-order valence-electron chi connectivity index (χ4n) is 1.76. The Labute approximate surface area is 110 Å². The van der Waals surface area contributed by atoms with Crippen molar-refractivity contribution in [1.82, 2.24) is 9.80 Å². The minimum absolute atomic E-state index is 0.00310. The summed E-state index contributed by atoms with van der Waals surface area (Å²) in [6.45, 7) is 7.92. The van der Waals surface area contributed by atoms with Crippen LogP contribution in [-0.2, 0) is 9.59 Å². The second-order valence-electron chi connectivity index (χ2n) is 4.53. The SMILES string of the molecule is CCC(CN)CC(=O)N(C)CC(=O)N(CC)CC. The van der Waals surface area contributed by atoms with Crippen molar-refractivity contribution in [3.63, 3.8) is 0 Å². The summed E-state index contributed by atoms with van der Waals surface area (Å²) in [4.78, 5) is 27.0. The van der Waals surface area contributed by atoms with Gasteiger partial charge in [0.05, 0.1) is 6.54 Å². The molecule has 0 aliphatic carbocycles. The van der Waals surface area contributed by atoms with E-state index in [0.29, 0.717) is 26.1 Å². The smallest absolute Gasteiger partial charge is 0.242 e. The lowest BCUT2D eigenvalue weighted by Gasteiger charge is -2.24. The van der Waals surface area contributed by atoms with Crippen LogP contribution in [-0.4, -0.2) is 54.8 Å². The number of nitrogens with zero attached hydrogens (tertiary/aromatic N) is 2. The molecule has 1 unspecified atom stereocenters. The summed E-state index contributed by atoms with van der Waals surface area (Å²) in [6, 6.07) is 0. The Hall–Kier alpha value is -1.10. The Kier molecular flexibility index (Phi) is 8.37. The van der Waals surface area contributed by atoms with Gasteiger partial charge in [-0.3, -0.25) is 9.59 Å². The highest BCUT2D eigenvalue weighted by atomic mass is 16.2. The van der Waals surface area contributed by atoms with Crippen LogP contribution in [0.15, 0.2) is 0 Å². The molecule has 0 radical (unpaired) electrons. The number of hydrogen-bond donors (Lipinski definition) is 1. The van der Waals surface area contributed by atoms with E-state index in [1.807, 2.05) is 20.8 Å². The van der Waals surface area contributed by atoms with Gasteiger partial charge in [0.1, 0.15) is 0 Å². The number of amides is 2. The summed E-state index contributed by atoms with van der Waals surface area (Å²) < 4.78 is 0. The molecule has 0 aromatic rings. The molecule has 18 heavy (non-hydrogen) atoms. The van der Waals surface area contributed by atoms with Crippen LogP contribution in [0.5, 0.6) is 0 Å². The first-order chi connectivity index (χ1) is 8.49. The minimum atomic E-state index is -0.00666. The third kappa shape index (κ3) is 5.49. The highest BCUT2D eigenvalue weighted by Gasteiger charge is 2.18. The topological polar surface area (TPSA) is 66.6 Å². The quantitative estimate of drug-likeness (QED) is 0.695. The van der Waals surface area contributed by atoms with Crippen LogP contribution in [0.1, 0.15) is 33.6 Å². The predicted octanol–water partition coefficient (Wildman–Crippen LogP) is 0.688. The molecule has 0 heterocycles. The molecule has 0 bridgehead atoms. The molecule has 0 saturated carbocycles. The van der Waals surface area contributed by atoms with Crippen LogP contribution in [0.4, 0.5) is 0 Å². The molecular formula is C13H27N3O2. The molecule has 0 aliphatic rings. The third-order valence-electron chi connectivity index (χ3n) is 3.29. The van der Waals surface area contributed by atoms with Crippen LogP contribution in [0.25, 0.3) is 0 Å². The van der Waals surface area contributed by atoms with E-state index in [9.17, 15) is 9.59 Å². The van der Waals surface area contributed by atoms with Crippen molar-refractivity contribution in [2.45, 2.75) is 33.6 Å². The monoisotopic (exact) mass is 257 g/mol. The summed E-state index contributed by atoms with van der Waals surface area (Å²) >= 11 is 0. The van der Waals surface area contributed by atoms with Gasteiger partial charge in [0.2, 0.25) is 11.8 Å². The standard InChI is InChI=1S/C13H27N3O2/c1-5-11(9-14)8-12(17)15(4)10-13(18)16(6-2)7-3/h11H,5-10,14H2,1-4H3. The molecule has 5 nitrogen and oxygen atoms in total. The van der Waals surface area contributed by atoms with Gasteiger partial charge in [0.25, 0.3) is 0 Å². The number of hydrogen-bond acceptors (Lipinski definition) is 3. The molecule has 0 spiro atoms.